The maximum absolute atomic E-state index is 12.7. The third-order valence-electron chi connectivity index (χ3n) is 6.68. The molecule has 43 heavy (non-hydrogen) atoms. The number of benzene rings is 1. The normalized spacial score (nSPS) is 12.5. The number of methoxy groups -OCH3 is 1. The lowest BCUT2D eigenvalue weighted by Gasteiger charge is -2.22. The summed E-state index contributed by atoms with van der Waals surface area (Å²) in [6.07, 6.45) is 5.08. The van der Waals surface area contributed by atoms with Gasteiger partial charge in [0.1, 0.15) is 11.7 Å². The van der Waals surface area contributed by atoms with Crippen LogP contribution in [0, 0.1) is 5.92 Å². The monoisotopic (exact) mass is 600 g/mol. The molecule has 0 aliphatic rings. The SMILES string of the molecule is CCN[C@@H](CC(C)C)C(=O)N[C@@H](CCCCNC(=O)c1cccc(Cn2cc(CNC(=O)CCCOC)nn2)c1)C(N)=O. The molecule has 1 heterocycles. The van der Waals surface area contributed by atoms with Gasteiger partial charge in [-0.3, -0.25) is 19.2 Å². The minimum Gasteiger partial charge on any atom is -0.385 e. The van der Waals surface area contributed by atoms with Gasteiger partial charge < -0.3 is 31.7 Å². The number of rotatable bonds is 21. The number of carbonyl (C=O) groups excluding carboxylic acids is 4. The Morgan fingerprint density at radius 3 is 2.56 bits per heavy atom. The van der Waals surface area contributed by atoms with Crippen LogP contribution in [0.25, 0.3) is 0 Å². The molecule has 0 bridgehead atoms. The fourth-order valence-corrected chi connectivity index (χ4v) is 4.49. The molecule has 2 aromatic rings. The lowest BCUT2D eigenvalue weighted by atomic mass is 10.0. The van der Waals surface area contributed by atoms with Crippen LogP contribution < -0.4 is 27.0 Å². The summed E-state index contributed by atoms with van der Waals surface area (Å²) in [5.74, 6) is -0.755. The first-order chi connectivity index (χ1) is 20.6. The highest BCUT2D eigenvalue weighted by atomic mass is 16.5. The van der Waals surface area contributed by atoms with Crippen molar-refractivity contribution in [3.8, 4) is 0 Å². The van der Waals surface area contributed by atoms with E-state index in [9.17, 15) is 19.2 Å². The largest absolute Gasteiger partial charge is 0.385 e. The second-order valence-corrected chi connectivity index (χ2v) is 10.9. The fourth-order valence-electron chi connectivity index (χ4n) is 4.49. The van der Waals surface area contributed by atoms with Crippen LogP contribution in [-0.4, -0.2) is 77.5 Å². The van der Waals surface area contributed by atoms with Gasteiger partial charge in [0.05, 0.1) is 25.3 Å². The Morgan fingerprint density at radius 2 is 1.86 bits per heavy atom. The van der Waals surface area contributed by atoms with Crippen LogP contribution in [0.3, 0.4) is 0 Å². The van der Waals surface area contributed by atoms with Gasteiger partial charge in [-0.1, -0.05) is 38.1 Å². The van der Waals surface area contributed by atoms with Crippen LogP contribution in [0.15, 0.2) is 30.5 Å². The van der Waals surface area contributed by atoms with Crippen molar-refractivity contribution in [3.05, 3.63) is 47.3 Å². The highest BCUT2D eigenvalue weighted by Crippen LogP contribution is 2.09. The van der Waals surface area contributed by atoms with E-state index in [0.29, 0.717) is 81.9 Å². The fraction of sp³-hybridized carbons (Fsp3) is 0.600. The summed E-state index contributed by atoms with van der Waals surface area (Å²) < 4.78 is 6.61. The molecule has 0 saturated heterocycles. The summed E-state index contributed by atoms with van der Waals surface area (Å²) in [6, 6.07) is 6.10. The van der Waals surface area contributed by atoms with E-state index in [0.717, 1.165) is 5.56 Å². The van der Waals surface area contributed by atoms with Crippen molar-refractivity contribution in [1.82, 2.24) is 36.3 Å². The molecule has 0 saturated carbocycles. The van der Waals surface area contributed by atoms with Gasteiger partial charge in [0.2, 0.25) is 17.7 Å². The molecule has 0 aliphatic carbocycles. The smallest absolute Gasteiger partial charge is 0.251 e. The van der Waals surface area contributed by atoms with Crippen LogP contribution in [0.4, 0.5) is 0 Å². The number of ether oxygens (including phenoxy) is 1. The summed E-state index contributed by atoms with van der Waals surface area (Å²) in [4.78, 5) is 49.3. The van der Waals surface area contributed by atoms with Crippen molar-refractivity contribution in [3.63, 3.8) is 0 Å². The van der Waals surface area contributed by atoms with E-state index in [4.69, 9.17) is 10.5 Å². The van der Waals surface area contributed by atoms with E-state index < -0.39 is 11.9 Å². The molecule has 1 aromatic heterocycles. The zero-order valence-electron chi connectivity index (χ0n) is 25.9. The summed E-state index contributed by atoms with van der Waals surface area (Å²) in [6.45, 7) is 8.32. The number of hydrogen-bond donors (Lipinski definition) is 5. The van der Waals surface area contributed by atoms with Crippen LogP contribution in [0.5, 0.6) is 0 Å². The number of amides is 4. The zero-order valence-corrected chi connectivity index (χ0v) is 25.9. The molecule has 2 atom stereocenters. The molecule has 238 valence electrons. The molecule has 0 aliphatic heterocycles. The summed E-state index contributed by atoms with van der Waals surface area (Å²) in [7, 11) is 1.60. The van der Waals surface area contributed by atoms with Crippen LogP contribution >= 0.6 is 0 Å². The summed E-state index contributed by atoms with van der Waals surface area (Å²) >= 11 is 0. The molecule has 0 fully saturated rings. The highest BCUT2D eigenvalue weighted by Gasteiger charge is 2.24. The quantitative estimate of drug-likeness (QED) is 0.133. The molecule has 0 unspecified atom stereocenters. The Morgan fingerprint density at radius 1 is 1.07 bits per heavy atom. The van der Waals surface area contributed by atoms with Crippen LogP contribution in [-0.2, 0) is 32.2 Å². The Kier molecular flexibility index (Phi) is 15.9. The average molecular weight is 601 g/mol. The van der Waals surface area contributed by atoms with Crippen molar-refractivity contribution in [2.45, 2.75) is 84.5 Å². The number of primary amides is 1. The number of nitrogens with zero attached hydrogens (tertiary/aromatic N) is 3. The van der Waals surface area contributed by atoms with Crippen LogP contribution in [0.1, 0.15) is 80.9 Å². The first-order valence-electron chi connectivity index (χ1n) is 15.0. The number of nitrogens with one attached hydrogen (secondary N) is 4. The van der Waals surface area contributed by atoms with Gasteiger partial charge in [-0.05, 0) is 62.3 Å². The number of likely N-dealkylation sites (N-methyl/N-ethyl adjacent to an activating group) is 1. The molecule has 0 radical (unpaired) electrons. The van der Waals surface area contributed by atoms with E-state index in [1.165, 1.54) is 0 Å². The van der Waals surface area contributed by atoms with Gasteiger partial charge in [0.25, 0.3) is 5.91 Å². The maximum Gasteiger partial charge on any atom is 0.251 e. The minimum atomic E-state index is -0.761. The molecule has 6 N–H and O–H groups in total. The molecular formula is C30H48N8O5. The number of hydrogen-bond acceptors (Lipinski definition) is 8. The topological polar surface area (TPSA) is 182 Å². The standard InChI is InChI=1S/C30H48N8O5/c1-5-32-26(16-21(2)3)30(42)35-25(28(31)40)12-6-7-14-33-29(41)23-11-8-10-22(17-23)19-38-20-24(36-37-38)18-34-27(39)13-9-15-43-4/h8,10-11,17,20-21,25-26,32H,5-7,9,12-16,18-19H2,1-4H3,(H2,31,40)(H,33,41)(H,34,39)(H,35,42)/t25-,26-/m0/s1. The predicted octanol–water partition coefficient (Wildman–Crippen LogP) is 1.26. The van der Waals surface area contributed by atoms with Gasteiger partial charge in [-0.2, -0.15) is 0 Å². The molecule has 0 spiro atoms. The minimum absolute atomic E-state index is 0.0695. The van der Waals surface area contributed by atoms with Gasteiger partial charge in [0, 0.05) is 32.2 Å². The van der Waals surface area contributed by atoms with Crippen molar-refractivity contribution < 1.29 is 23.9 Å². The van der Waals surface area contributed by atoms with Crippen molar-refractivity contribution in [2.75, 3.05) is 26.8 Å². The van der Waals surface area contributed by atoms with E-state index in [1.807, 2.05) is 32.9 Å². The van der Waals surface area contributed by atoms with Gasteiger partial charge in [-0.25, -0.2) is 4.68 Å². The first-order valence-corrected chi connectivity index (χ1v) is 15.0. The molecule has 13 nitrogen and oxygen atoms in total. The lowest BCUT2D eigenvalue weighted by Crippen LogP contribution is -2.52. The van der Waals surface area contributed by atoms with E-state index in [-0.39, 0.29) is 30.3 Å². The number of nitrogens with two attached hydrogens (primary N) is 1. The van der Waals surface area contributed by atoms with Gasteiger partial charge in [-0.15, -0.1) is 5.10 Å². The second-order valence-electron chi connectivity index (χ2n) is 10.9. The number of carbonyl (C=O) groups is 4. The number of aromatic nitrogens is 3. The molecule has 4 amide bonds. The lowest BCUT2D eigenvalue weighted by molar-refractivity contribution is -0.129. The molecule has 13 heteroatoms. The predicted molar refractivity (Wildman–Crippen MR) is 163 cm³/mol. The van der Waals surface area contributed by atoms with E-state index >= 15 is 0 Å². The van der Waals surface area contributed by atoms with Crippen molar-refractivity contribution in [1.29, 1.82) is 0 Å². The average Bonchev–Trinajstić information content (AvgIpc) is 3.41. The maximum atomic E-state index is 12.7. The third-order valence-corrected chi connectivity index (χ3v) is 6.68. The Labute approximate surface area is 254 Å². The Bertz CT molecular complexity index is 1170. The number of unbranched alkanes of at least 4 members (excludes halogenated alkanes) is 1. The summed E-state index contributed by atoms with van der Waals surface area (Å²) in [5, 5.41) is 19.9. The van der Waals surface area contributed by atoms with Gasteiger partial charge >= 0.3 is 0 Å². The van der Waals surface area contributed by atoms with Crippen LogP contribution in [0.2, 0.25) is 0 Å². The third kappa shape index (κ3) is 13.8. The van der Waals surface area contributed by atoms with E-state index in [1.54, 1.807) is 30.1 Å². The van der Waals surface area contributed by atoms with E-state index in [2.05, 4.69) is 31.6 Å². The molecule has 2 rings (SSSR count). The highest BCUT2D eigenvalue weighted by molar-refractivity contribution is 5.94. The molecule has 1 aromatic carbocycles. The second kappa shape index (κ2) is 19.4. The zero-order chi connectivity index (χ0) is 31.6. The Balaban J connectivity index is 1.78. The van der Waals surface area contributed by atoms with Gasteiger partial charge in [0.15, 0.2) is 0 Å². The molecular weight excluding hydrogens is 552 g/mol. The summed E-state index contributed by atoms with van der Waals surface area (Å²) in [5.41, 5.74) is 7.57. The first kappa shape index (κ1) is 35.4. The van der Waals surface area contributed by atoms with Crippen molar-refractivity contribution in [2.24, 2.45) is 11.7 Å². The van der Waals surface area contributed by atoms with Crippen molar-refractivity contribution >= 4 is 23.6 Å². The Hall–Kier alpha value is -3.84.